The number of halogens is 4. The first-order valence-electron chi connectivity index (χ1n) is 5.33. The molecule has 0 aliphatic heterocycles. The maximum atomic E-state index is 12.4. The van der Waals surface area contributed by atoms with Crippen LogP contribution < -0.4 is 10.6 Å². The Kier molecular flexibility index (Phi) is 5.38. The fraction of sp³-hybridized carbons (Fsp3) is 0.250. The third kappa shape index (κ3) is 4.92. The molecule has 3 nitrogen and oxygen atoms in total. The molecule has 0 spiro atoms. The molecule has 0 aliphatic carbocycles. The van der Waals surface area contributed by atoms with Gasteiger partial charge in [0.2, 0.25) is 5.91 Å². The molecule has 1 aromatic rings. The van der Waals surface area contributed by atoms with Crippen LogP contribution in [0.4, 0.5) is 18.9 Å². The van der Waals surface area contributed by atoms with E-state index >= 15 is 0 Å². The lowest BCUT2D eigenvalue weighted by molar-refractivity contribution is -0.137. The Labute approximate surface area is 113 Å². The Morgan fingerprint density at radius 2 is 2.11 bits per heavy atom. The van der Waals surface area contributed by atoms with Crippen molar-refractivity contribution in [1.82, 2.24) is 5.32 Å². The lowest BCUT2D eigenvalue weighted by Gasteiger charge is -2.11. The van der Waals surface area contributed by atoms with Gasteiger partial charge in [-0.2, -0.15) is 13.2 Å². The number of hydrogen-bond acceptors (Lipinski definition) is 2. The Morgan fingerprint density at radius 3 is 2.63 bits per heavy atom. The molecule has 0 aromatic heterocycles. The van der Waals surface area contributed by atoms with Crippen LogP contribution in [0.3, 0.4) is 0 Å². The SMILES string of the molecule is C=CCNCC(=O)Nc1ccc(C(F)(F)F)cc1Cl. The van der Waals surface area contributed by atoms with Crippen LogP contribution in [0, 0.1) is 0 Å². The van der Waals surface area contributed by atoms with Gasteiger partial charge in [-0.15, -0.1) is 6.58 Å². The van der Waals surface area contributed by atoms with E-state index in [9.17, 15) is 18.0 Å². The predicted molar refractivity (Wildman–Crippen MR) is 68.2 cm³/mol. The first kappa shape index (κ1) is 15.5. The molecule has 0 heterocycles. The normalized spacial score (nSPS) is 11.2. The van der Waals surface area contributed by atoms with Crippen molar-refractivity contribution in [2.24, 2.45) is 0 Å². The average Bonchev–Trinajstić information content (AvgIpc) is 2.31. The van der Waals surface area contributed by atoms with E-state index in [4.69, 9.17) is 11.6 Å². The molecule has 7 heteroatoms. The molecule has 104 valence electrons. The maximum absolute atomic E-state index is 12.4. The van der Waals surface area contributed by atoms with E-state index in [-0.39, 0.29) is 17.3 Å². The van der Waals surface area contributed by atoms with Crippen LogP contribution in [-0.2, 0) is 11.0 Å². The van der Waals surface area contributed by atoms with E-state index in [0.717, 1.165) is 18.2 Å². The zero-order chi connectivity index (χ0) is 14.5. The summed E-state index contributed by atoms with van der Waals surface area (Å²) in [4.78, 5) is 11.4. The van der Waals surface area contributed by atoms with E-state index in [0.29, 0.717) is 6.54 Å². The first-order chi connectivity index (χ1) is 8.84. The number of benzene rings is 1. The molecule has 1 rings (SSSR count). The zero-order valence-electron chi connectivity index (χ0n) is 9.85. The van der Waals surface area contributed by atoms with Crippen molar-refractivity contribution in [1.29, 1.82) is 0 Å². The molecule has 0 fully saturated rings. The number of nitrogens with one attached hydrogen (secondary N) is 2. The predicted octanol–water partition coefficient (Wildman–Crippen LogP) is 3.07. The van der Waals surface area contributed by atoms with Gasteiger partial charge in [-0.25, -0.2) is 0 Å². The molecule has 1 amide bonds. The van der Waals surface area contributed by atoms with Crippen molar-refractivity contribution >= 4 is 23.2 Å². The standard InChI is InChI=1S/C12H12ClF3N2O/c1-2-5-17-7-11(19)18-10-4-3-8(6-9(10)13)12(14,15)16/h2-4,6,17H,1,5,7H2,(H,18,19). The van der Waals surface area contributed by atoms with Crippen molar-refractivity contribution in [3.63, 3.8) is 0 Å². The van der Waals surface area contributed by atoms with E-state index in [1.165, 1.54) is 0 Å². The maximum Gasteiger partial charge on any atom is 0.416 e. The quantitative estimate of drug-likeness (QED) is 0.647. The second-order valence-corrected chi connectivity index (χ2v) is 4.07. The van der Waals surface area contributed by atoms with E-state index in [2.05, 4.69) is 17.2 Å². The van der Waals surface area contributed by atoms with Gasteiger partial charge in [0, 0.05) is 6.54 Å². The van der Waals surface area contributed by atoms with Crippen LogP contribution in [0.5, 0.6) is 0 Å². The fourth-order valence-corrected chi connectivity index (χ4v) is 1.50. The minimum atomic E-state index is -4.46. The van der Waals surface area contributed by atoms with E-state index in [1.807, 2.05) is 0 Å². The summed E-state index contributed by atoms with van der Waals surface area (Å²) in [6.45, 7) is 3.94. The van der Waals surface area contributed by atoms with Crippen molar-refractivity contribution in [3.8, 4) is 0 Å². The van der Waals surface area contributed by atoms with Crippen LogP contribution in [0.25, 0.3) is 0 Å². The summed E-state index contributed by atoms with van der Waals surface area (Å²) in [5.41, 5.74) is -0.722. The highest BCUT2D eigenvalue weighted by atomic mass is 35.5. The molecular formula is C12H12ClF3N2O. The van der Waals surface area contributed by atoms with E-state index in [1.54, 1.807) is 6.08 Å². The molecule has 1 aromatic carbocycles. The van der Waals surface area contributed by atoms with Crippen LogP contribution in [0.15, 0.2) is 30.9 Å². The highest BCUT2D eigenvalue weighted by Crippen LogP contribution is 2.33. The first-order valence-corrected chi connectivity index (χ1v) is 5.70. The molecular weight excluding hydrogens is 281 g/mol. The topological polar surface area (TPSA) is 41.1 Å². The molecule has 0 atom stereocenters. The number of alkyl halides is 3. The van der Waals surface area contributed by atoms with Crippen LogP contribution >= 0.6 is 11.6 Å². The number of amides is 1. The molecule has 0 saturated carbocycles. The molecule has 0 saturated heterocycles. The van der Waals surface area contributed by atoms with Gasteiger partial charge in [0.25, 0.3) is 0 Å². The van der Waals surface area contributed by atoms with Gasteiger partial charge >= 0.3 is 6.18 Å². The lowest BCUT2D eigenvalue weighted by atomic mass is 10.2. The highest BCUT2D eigenvalue weighted by molar-refractivity contribution is 6.33. The smallest absolute Gasteiger partial charge is 0.324 e. The monoisotopic (exact) mass is 292 g/mol. The van der Waals surface area contributed by atoms with Crippen molar-refractivity contribution in [2.45, 2.75) is 6.18 Å². The summed E-state index contributed by atoms with van der Waals surface area (Å²) in [6, 6.07) is 2.75. The third-order valence-corrected chi connectivity index (χ3v) is 2.46. The number of carbonyl (C=O) groups is 1. The van der Waals surface area contributed by atoms with Gasteiger partial charge in [0.05, 0.1) is 22.8 Å². The molecule has 0 radical (unpaired) electrons. The van der Waals surface area contributed by atoms with Crippen LogP contribution in [-0.4, -0.2) is 19.0 Å². The van der Waals surface area contributed by atoms with Gasteiger partial charge in [0.15, 0.2) is 0 Å². The zero-order valence-corrected chi connectivity index (χ0v) is 10.6. The molecule has 2 N–H and O–H groups in total. The summed E-state index contributed by atoms with van der Waals surface area (Å²) in [5, 5.41) is 5.01. The van der Waals surface area contributed by atoms with Gasteiger partial charge in [0.1, 0.15) is 0 Å². The molecule has 0 unspecified atom stereocenters. The minimum absolute atomic E-state index is 0.0172. The molecule has 0 bridgehead atoms. The number of hydrogen-bond donors (Lipinski definition) is 2. The molecule has 19 heavy (non-hydrogen) atoms. The van der Waals surface area contributed by atoms with Gasteiger partial charge in [-0.05, 0) is 18.2 Å². The second kappa shape index (κ2) is 6.58. The van der Waals surface area contributed by atoms with Crippen molar-refractivity contribution < 1.29 is 18.0 Å². The number of anilines is 1. The van der Waals surface area contributed by atoms with Crippen LogP contribution in [0.1, 0.15) is 5.56 Å². The van der Waals surface area contributed by atoms with Gasteiger partial charge in [-0.1, -0.05) is 17.7 Å². The average molecular weight is 293 g/mol. The summed E-state index contributed by atoms with van der Waals surface area (Å²) in [5.74, 6) is -0.400. The van der Waals surface area contributed by atoms with Crippen molar-refractivity contribution in [3.05, 3.63) is 41.4 Å². The summed E-state index contributed by atoms with van der Waals surface area (Å²) >= 11 is 5.69. The summed E-state index contributed by atoms with van der Waals surface area (Å²) in [7, 11) is 0. The lowest BCUT2D eigenvalue weighted by Crippen LogP contribution is -2.28. The van der Waals surface area contributed by atoms with Crippen molar-refractivity contribution in [2.75, 3.05) is 18.4 Å². The number of rotatable bonds is 5. The number of carbonyl (C=O) groups excluding carboxylic acids is 1. The summed E-state index contributed by atoms with van der Waals surface area (Å²) in [6.07, 6.45) is -2.88. The Morgan fingerprint density at radius 1 is 1.42 bits per heavy atom. The highest BCUT2D eigenvalue weighted by Gasteiger charge is 2.30. The van der Waals surface area contributed by atoms with Gasteiger partial charge < -0.3 is 10.6 Å². The fourth-order valence-electron chi connectivity index (χ4n) is 1.27. The Bertz CT molecular complexity index is 475. The summed E-state index contributed by atoms with van der Waals surface area (Å²) < 4.78 is 37.2. The van der Waals surface area contributed by atoms with Crippen LogP contribution in [0.2, 0.25) is 5.02 Å². The van der Waals surface area contributed by atoms with E-state index < -0.39 is 17.6 Å². The molecule has 0 aliphatic rings. The van der Waals surface area contributed by atoms with Gasteiger partial charge in [-0.3, -0.25) is 4.79 Å². The minimum Gasteiger partial charge on any atom is -0.324 e. The largest absolute Gasteiger partial charge is 0.416 e. The Hall–Kier alpha value is -1.53. The second-order valence-electron chi connectivity index (χ2n) is 3.66. The third-order valence-electron chi connectivity index (χ3n) is 2.14. The Balaban J connectivity index is 2.70.